The highest BCUT2D eigenvalue weighted by atomic mass is 16.6. The van der Waals surface area contributed by atoms with Crippen LogP contribution in [0, 0.1) is 51.8 Å². The zero-order valence-corrected chi connectivity index (χ0v) is 48.6. The summed E-state index contributed by atoms with van der Waals surface area (Å²) in [6, 6.07) is 0. The molecule has 2 amide bonds. The van der Waals surface area contributed by atoms with Gasteiger partial charge >= 0.3 is 11.9 Å². The Labute approximate surface area is 432 Å². The number of amides is 2. The molecular weight excluding hydrogens is 885 g/mol. The molecule has 3 rings (SSSR count). The lowest BCUT2D eigenvalue weighted by Crippen LogP contribution is -2.50. The Kier molecular flexibility index (Phi) is 22.1. The van der Waals surface area contributed by atoms with E-state index < -0.39 is 17.5 Å². The first-order valence-electron chi connectivity index (χ1n) is 27.5. The highest BCUT2D eigenvalue weighted by Crippen LogP contribution is 2.50. The van der Waals surface area contributed by atoms with Crippen molar-refractivity contribution < 1.29 is 28.7 Å². The second-order valence-corrected chi connectivity index (χ2v) is 25.8. The summed E-state index contributed by atoms with van der Waals surface area (Å²) in [6.07, 6.45) is 16.8. The van der Waals surface area contributed by atoms with Gasteiger partial charge in [-0.05, 0) is 123 Å². The third-order valence-corrected chi connectivity index (χ3v) is 14.6. The molecule has 2 heterocycles. The van der Waals surface area contributed by atoms with Crippen molar-refractivity contribution in [2.45, 2.75) is 234 Å². The maximum atomic E-state index is 15.0. The maximum absolute atomic E-state index is 15.0. The Bertz CT molecular complexity index is 2130. The number of aromatic nitrogens is 1. The minimum Gasteiger partial charge on any atom is -0.458 e. The highest BCUT2D eigenvalue weighted by Gasteiger charge is 2.49. The first kappa shape index (κ1) is 61.1. The number of nitrogens with zero attached hydrogens (tertiary/aromatic N) is 1. The number of aliphatic imine (C=N–C) groups is 1. The summed E-state index contributed by atoms with van der Waals surface area (Å²) in [5.74, 6) is -0.403. The van der Waals surface area contributed by atoms with Crippen molar-refractivity contribution in [3.8, 4) is 0 Å². The standard InChI is InChI=1S/C61H100N4O6/c1-22-26-28-41(24-3)54(66)64-52-49(56(68)70-51-43(59(14,15)16)34-40(10)35-44(51)60(17,18)19)47(37(5)6)45(62-52)32-30-39(9)31-33-46-48(38(7)8)50(57(69)71-61(20,21)36-58(11,12)13)53(63-46)65-55(67)42(25-4)29-27-23-2/h30-33,37-38,40-44,51,63H,22-29,34-36H2,1-21H3,(H,65,67)(H,62,64,66)/b33-31+,39-30+,45-32-. The second-order valence-electron chi connectivity index (χ2n) is 25.8. The highest BCUT2D eigenvalue weighted by molar-refractivity contribution is 6.25. The monoisotopic (exact) mass is 985 g/mol. The molecule has 400 valence electrons. The van der Waals surface area contributed by atoms with E-state index in [1.54, 1.807) is 0 Å². The van der Waals surface area contributed by atoms with Crippen LogP contribution >= 0.6 is 0 Å². The number of aromatic amines is 1. The Balaban J connectivity index is 2.23. The number of anilines is 1. The molecule has 4 unspecified atom stereocenters. The van der Waals surface area contributed by atoms with Gasteiger partial charge in [0.2, 0.25) is 11.8 Å². The van der Waals surface area contributed by atoms with Crippen molar-refractivity contribution in [3.63, 3.8) is 0 Å². The van der Waals surface area contributed by atoms with Gasteiger partial charge in [0.25, 0.3) is 0 Å². The largest absolute Gasteiger partial charge is 0.458 e. The Hall–Kier alpha value is -4.21. The van der Waals surface area contributed by atoms with Crippen LogP contribution in [0.2, 0.25) is 0 Å². The number of carbonyl (C=O) groups is 4. The van der Waals surface area contributed by atoms with Crippen molar-refractivity contribution in [1.29, 1.82) is 0 Å². The van der Waals surface area contributed by atoms with Crippen LogP contribution in [-0.4, -0.2) is 46.3 Å². The summed E-state index contributed by atoms with van der Waals surface area (Å²) in [5, 5.41) is 6.27. The molecular formula is C61H100N4O6. The van der Waals surface area contributed by atoms with Gasteiger partial charge in [0, 0.05) is 29.4 Å². The lowest BCUT2D eigenvalue weighted by molar-refractivity contribution is -0.164. The fourth-order valence-electron chi connectivity index (χ4n) is 11.1. The molecule has 10 heteroatoms. The van der Waals surface area contributed by atoms with Crippen LogP contribution in [0.1, 0.15) is 244 Å². The van der Waals surface area contributed by atoms with Crippen LogP contribution in [-0.2, 0) is 23.9 Å². The summed E-state index contributed by atoms with van der Waals surface area (Å²) >= 11 is 0. The second kappa shape index (κ2) is 25.6. The first-order valence-corrected chi connectivity index (χ1v) is 27.5. The third-order valence-electron chi connectivity index (χ3n) is 14.6. The molecule has 0 aromatic carbocycles. The van der Waals surface area contributed by atoms with Gasteiger partial charge in [0.05, 0.1) is 5.70 Å². The molecule has 0 radical (unpaired) electrons. The zero-order chi connectivity index (χ0) is 54.0. The topological polar surface area (TPSA) is 139 Å². The van der Waals surface area contributed by atoms with Crippen LogP contribution in [0.3, 0.4) is 0 Å². The number of rotatable bonds is 21. The van der Waals surface area contributed by atoms with Gasteiger partial charge in [-0.15, -0.1) is 0 Å². The minimum atomic E-state index is -0.756. The van der Waals surface area contributed by atoms with Crippen LogP contribution in [0.4, 0.5) is 5.82 Å². The van der Waals surface area contributed by atoms with Crippen LogP contribution in [0.25, 0.3) is 6.08 Å². The van der Waals surface area contributed by atoms with Gasteiger partial charge in [-0.3, -0.25) is 9.59 Å². The van der Waals surface area contributed by atoms with Gasteiger partial charge in [0.15, 0.2) is 0 Å². The Morgan fingerprint density at radius 3 is 1.73 bits per heavy atom. The van der Waals surface area contributed by atoms with Crippen molar-refractivity contribution in [2.75, 3.05) is 5.32 Å². The number of H-pyrrole nitrogens is 1. The summed E-state index contributed by atoms with van der Waals surface area (Å²) in [4.78, 5) is 65.7. The lowest BCUT2D eigenvalue weighted by Gasteiger charge is -2.50. The smallest absolute Gasteiger partial charge is 0.342 e. The average Bonchev–Trinajstić information content (AvgIpc) is 3.79. The number of ether oxygens (including phenoxy) is 2. The van der Waals surface area contributed by atoms with Crippen molar-refractivity contribution in [3.05, 3.63) is 57.5 Å². The Morgan fingerprint density at radius 1 is 0.761 bits per heavy atom. The summed E-state index contributed by atoms with van der Waals surface area (Å²) in [5.41, 5.74) is 3.30. The van der Waals surface area contributed by atoms with Crippen molar-refractivity contribution in [1.82, 2.24) is 10.3 Å². The predicted octanol–water partition coefficient (Wildman–Crippen LogP) is 15.9. The number of unbranched alkanes of at least 4 members (excludes halogenated alkanes) is 2. The number of hydrogen-bond donors (Lipinski definition) is 3. The summed E-state index contributed by atoms with van der Waals surface area (Å²) in [6.45, 7) is 44.5. The van der Waals surface area contributed by atoms with E-state index in [1.165, 1.54) is 0 Å². The molecule has 71 heavy (non-hydrogen) atoms. The lowest BCUT2D eigenvalue weighted by atomic mass is 9.59. The molecule has 1 aliphatic heterocycles. The molecule has 3 N–H and O–H groups in total. The van der Waals surface area contributed by atoms with E-state index in [2.05, 4.69) is 113 Å². The van der Waals surface area contributed by atoms with E-state index in [0.29, 0.717) is 53.5 Å². The van der Waals surface area contributed by atoms with E-state index in [9.17, 15) is 14.4 Å². The number of esters is 2. The molecule has 0 saturated heterocycles. The van der Waals surface area contributed by atoms with Gasteiger partial charge < -0.3 is 25.1 Å². The van der Waals surface area contributed by atoms with Crippen molar-refractivity contribution >= 4 is 41.5 Å². The molecule has 1 aliphatic carbocycles. The van der Waals surface area contributed by atoms with E-state index in [-0.39, 0.29) is 75.5 Å². The van der Waals surface area contributed by atoms with E-state index in [4.69, 9.17) is 14.5 Å². The molecule has 0 spiro atoms. The summed E-state index contributed by atoms with van der Waals surface area (Å²) < 4.78 is 13.1. The SMILES string of the molecule is CCCCC(CC)C(=O)NC1=N\C(=C/C=C(C)/C=C/c2[nH]c(NC(=O)C(CC)CCCC)c(C(=O)OC(C)(C)CC(C)(C)C)c2C(C)C)C(C(C)C)=C1C(=O)OC1C(C(C)(C)C)CC(C)CC1C(C)(C)C. The fraction of sp³-hybridized carbons (Fsp3) is 0.721. The molecule has 0 bridgehead atoms. The van der Waals surface area contributed by atoms with E-state index >= 15 is 4.79 Å². The molecule has 10 nitrogen and oxygen atoms in total. The van der Waals surface area contributed by atoms with Crippen LogP contribution in [0.15, 0.2) is 45.6 Å². The molecule has 4 atom stereocenters. The number of carbonyl (C=O) groups excluding carboxylic acids is 4. The van der Waals surface area contributed by atoms with E-state index in [1.807, 2.05) is 72.8 Å². The molecule has 1 fully saturated rings. The minimum absolute atomic E-state index is 0.0812. The number of amidine groups is 1. The van der Waals surface area contributed by atoms with Gasteiger partial charge in [0.1, 0.15) is 34.5 Å². The molecule has 1 aromatic heterocycles. The maximum Gasteiger partial charge on any atom is 0.342 e. The quantitative estimate of drug-likeness (QED) is 0.0828. The van der Waals surface area contributed by atoms with E-state index in [0.717, 1.165) is 68.1 Å². The molecule has 1 saturated carbocycles. The van der Waals surface area contributed by atoms with Crippen LogP contribution < -0.4 is 10.6 Å². The number of nitrogens with one attached hydrogen (secondary N) is 3. The van der Waals surface area contributed by atoms with Gasteiger partial charge in [-0.1, -0.05) is 168 Å². The predicted molar refractivity (Wildman–Crippen MR) is 296 cm³/mol. The van der Waals surface area contributed by atoms with Crippen LogP contribution in [0.5, 0.6) is 0 Å². The van der Waals surface area contributed by atoms with Gasteiger partial charge in [-0.2, -0.15) is 0 Å². The molecule has 1 aromatic rings. The normalized spacial score (nSPS) is 21.0. The number of allylic oxidation sites excluding steroid dienone is 5. The molecule has 2 aliphatic rings. The third kappa shape index (κ3) is 17.2. The Morgan fingerprint density at radius 2 is 1.28 bits per heavy atom. The van der Waals surface area contributed by atoms with Gasteiger partial charge in [-0.25, -0.2) is 14.6 Å². The first-order chi connectivity index (χ1) is 32.8. The number of hydrogen-bond acceptors (Lipinski definition) is 7. The van der Waals surface area contributed by atoms with Crippen molar-refractivity contribution in [2.24, 2.45) is 56.7 Å². The average molecular weight is 985 g/mol. The fourth-order valence-corrected chi connectivity index (χ4v) is 11.1. The summed E-state index contributed by atoms with van der Waals surface area (Å²) in [7, 11) is 0. The zero-order valence-electron chi connectivity index (χ0n) is 48.6.